The second-order valence-corrected chi connectivity index (χ2v) is 7.01. The third-order valence-electron chi connectivity index (χ3n) is 4.77. The van der Waals surface area contributed by atoms with Crippen LogP contribution < -0.4 is 16.2 Å². The molecule has 2 rings (SSSR count). The molecular formula is C21H30N6O4. The van der Waals surface area contributed by atoms with Crippen LogP contribution in [0.1, 0.15) is 49.9 Å². The molecule has 4 N–H and O–H groups in total. The van der Waals surface area contributed by atoms with Gasteiger partial charge in [0, 0.05) is 37.5 Å². The normalized spacial score (nSPS) is 11.6. The van der Waals surface area contributed by atoms with E-state index < -0.39 is 6.04 Å². The molecule has 2 heterocycles. The molecule has 1 atom stereocenters. The van der Waals surface area contributed by atoms with Crippen molar-refractivity contribution in [3.8, 4) is 5.88 Å². The molecule has 31 heavy (non-hydrogen) atoms. The van der Waals surface area contributed by atoms with Crippen molar-refractivity contribution in [1.82, 2.24) is 19.9 Å². The first-order valence-electron chi connectivity index (χ1n) is 10.1. The highest BCUT2D eigenvalue weighted by Gasteiger charge is 2.25. The van der Waals surface area contributed by atoms with Gasteiger partial charge in [0.25, 0.3) is 0 Å². The molecule has 2 aromatic heterocycles. The van der Waals surface area contributed by atoms with Crippen LogP contribution in [0.25, 0.3) is 0 Å². The first-order chi connectivity index (χ1) is 14.8. The highest BCUT2D eigenvalue weighted by atomic mass is 16.5. The van der Waals surface area contributed by atoms with Crippen molar-refractivity contribution < 1.29 is 19.1 Å². The lowest BCUT2D eigenvalue weighted by Crippen LogP contribution is -2.33. The number of nitrogens with two attached hydrogens (primary N) is 2. The van der Waals surface area contributed by atoms with Crippen LogP contribution in [0.15, 0.2) is 24.4 Å². The van der Waals surface area contributed by atoms with Gasteiger partial charge in [-0.15, -0.1) is 0 Å². The van der Waals surface area contributed by atoms with E-state index in [1.165, 1.54) is 7.11 Å². The number of nitrogens with zero attached hydrogens (tertiary/aromatic N) is 4. The van der Waals surface area contributed by atoms with Crippen LogP contribution in [0.5, 0.6) is 5.88 Å². The van der Waals surface area contributed by atoms with Crippen LogP contribution in [-0.2, 0) is 20.7 Å². The lowest BCUT2D eigenvalue weighted by Gasteiger charge is -2.28. The molecule has 2 aromatic rings. The minimum absolute atomic E-state index is 0.0452. The number of anilines is 2. The summed E-state index contributed by atoms with van der Waals surface area (Å²) in [6, 6.07) is 4.69. The first-order valence-corrected chi connectivity index (χ1v) is 10.1. The second kappa shape index (κ2) is 11.7. The van der Waals surface area contributed by atoms with E-state index in [-0.39, 0.29) is 30.9 Å². The number of aryl methyl sites for hydroxylation is 1. The zero-order valence-corrected chi connectivity index (χ0v) is 18.2. The molecule has 0 fully saturated rings. The van der Waals surface area contributed by atoms with Gasteiger partial charge in [0.1, 0.15) is 5.82 Å². The minimum atomic E-state index is -0.480. The third kappa shape index (κ3) is 7.40. The largest absolute Gasteiger partial charge is 0.481 e. The summed E-state index contributed by atoms with van der Waals surface area (Å²) in [5.74, 6) is 0.473. The van der Waals surface area contributed by atoms with Gasteiger partial charge >= 0.3 is 5.97 Å². The Bertz CT molecular complexity index is 854. The minimum Gasteiger partial charge on any atom is -0.481 e. The van der Waals surface area contributed by atoms with Crippen LogP contribution in [0.2, 0.25) is 0 Å². The second-order valence-electron chi connectivity index (χ2n) is 7.01. The predicted octanol–water partition coefficient (Wildman–Crippen LogP) is 1.91. The number of methoxy groups -OCH3 is 1. The number of carbonyl (C=O) groups is 2. The Balaban J connectivity index is 1.98. The molecule has 0 aromatic carbocycles. The van der Waals surface area contributed by atoms with E-state index in [1.807, 2.05) is 0 Å². The predicted molar refractivity (Wildman–Crippen MR) is 116 cm³/mol. The monoisotopic (exact) mass is 430 g/mol. The fourth-order valence-electron chi connectivity index (χ4n) is 3.17. The SMILES string of the molecule is CCOC(=O)C[C@@H](c1ccc(OC)nc1)N(C)C(=O)CCCCc1cc(N)nc(N)n1. The Morgan fingerprint density at radius 3 is 2.58 bits per heavy atom. The molecular weight excluding hydrogens is 400 g/mol. The van der Waals surface area contributed by atoms with Gasteiger partial charge in [0.2, 0.25) is 17.7 Å². The molecule has 10 heteroatoms. The number of rotatable bonds is 11. The maximum atomic E-state index is 12.8. The number of esters is 1. The van der Waals surface area contributed by atoms with Gasteiger partial charge in [0.05, 0.1) is 26.2 Å². The molecule has 0 aliphatic carbocycles. The van der Waals surface area contributed by atoms with Crippen molar-refractivity contribution in [3.63, 3.8) is 0 Å². The van der Waals surface area contributed by atoms with E-state index in [2.05, 4.69) is 15.0 Å². The number of hydrogen-bond acceptors (Lipinski definition) is 9. The van der Waals surface area contributed by atoms with E-state index in [9.17, 15) is 9.59 Å². The summed E-state index contributed by atoms with van der Waals surface area (Å²) in [6.45, 7) is 2.03. The van der Waals surface area contributed by atoms with Crippen molar-refractivity contribution in [3.05, 3.63) is 35.7 Å². The molecule has 10 nitrogen and oxygen atoms in total. The Morgan fingerprint density at radius 2 is 1.97 bits per heavy atom. The number of hydrogen-bond donors (Lipinski definition) is 2. The number of aromatic nitrogens is 3. The van der Waals surface area contributed by atoms with Crippen LogP contribution in [0.3, 0.4) is 0 Å². The smallest absolute Gasteiger partial charge is 0.308 e. The maximum absolute atomic E-state index is 12.8. The molecule has 0 aliphatic rings. The highest BCUT2D eigenvalue weighted by Crippen LogP contribution is 2.25. The van der Waals surface area contributed by atoms with Crippen LogP contribution in [0, 0.1) is 0 Å². The summed E-state index contributed by atoms with van der Waals surface area (Å²) in [7, 11) is 3.21. The molecule has 0 radical (unpaired) electrons. The zero-order chi connectivity index (χ0) is 22.8. The van der Waals surface area contributed by atoms with Crippen molar-refractivity contribution in [1.29, 1.82) is 0 Å². The van der Waals surface area contributed by atoms with Crippen molar-refractivity contribution >= 4 is 23.6 Å². The summed E-state index contributed by atoms with van der Waals surface area (Å²) in [6.07, 6.45) is 4.01. The molecule has 0 aliphatic heterocycles. The lowest BCUT2D eigenvalue weighted by atomic mass is 10.0. The van der Waals surface area contributed by atoms with Crippen LogP contribution in [0.4, 0.5) is 11.8 Å². The summed E-state index contributed by atoms with van der Waals surface area (Å²) in [5.41, 5.74) is 12.8. The zero-order valence-electron chi connectivity index (χ0n) is 18.2. The van der Waals surface area contributed by atoms with Gasteiger partial charge in [-0.25, -0.2) is 9.97 Å². The van der Waals surface area contributed by atoms with Crippen LogP contribution >= 0.6 is 0 Å². The van der Waals surface area contributed by atoms with E-state index in [0.29, 0.717) is 31.0 Å². The molecule has 168 valence electrons. The number of nitrogen functional groups attached to an aromatic ring is 2. The molecule has 0 bridgehead atoms. The van der Waals surface area contributed by atoms with Crippen molar-refractivity contribution in [2.75, 3.05) is 32.2 Å². The molecule has 0 saturated carbocycles. The van der Waals surface area contributed by atoms with Crippen molar-refractivity contribution in [2.45, 2.75) is 45.1 Å². The highest BCUT2D eigenvalue weighted by molar-refractivity contribution is 5.78. The Morgan fingerprint density at radius 1 is 1.19 bits per heavy atom. The van der Waals surface area contributed by atoms with E-state index in [0.717, 1.165) is 17.7 Å². The number of carbonyl (C=O) groups excluding carboxylic acids is 2. The van der Waals surface area contributed by atoms with Gasteiger partial charge in [-0.05, 0) is 31.7 Å². The standard InChI is InChI=1S/C21H30N6O4/c1-4-31-20(29)12-16(14-9-10-18(30-3)24-13-14)27(2)19(28)8-6-5-7-15-11-17(22)26-21(23)25-15/h9-11,13,16H,4-8,12H2,1-3H3,(H4,22,23,25,26)/t16-/m0/s1. The van der Waals surface area contributed by atoms with E-state index in [1.54, 1.807) is 43.3 Å². The van der Waals surface area contributed by atoms with E-state index in [4.69, 9.17) is 20.9 Å². The Labute approximate surface area is 182 Å². The summed E-state index contributed by atoms with van der Waals surface area (Å²) >= 11 is 0. The molecule has 0 spiro atoms. The quantitative estimate of drug-likeness (QED) is 0.403. The molecule has 0 saturated heterocycles. The average molecular weight is 431 g/mol. The number of ether oxygens (including phenoxy) is 2. The summed E-state index contributed by atoms with van der Waals surface area (Å²) in [4.78, 5) is 38.7. The topological polar surface area (TPSA) is 147 Å². The summed E-state index contributed by atoms with van der Waals surface area (Å²) < 4.78 is 10.2. The third-order valence-corrected chi connectivity index (χ3v) is 4.77. The number of unbranched alkanes of at least 4 members (excludes halogenated alkanes) is 1. The maximum Gasteiger partial charge on any atom is 0.308 e. The fraction of sp³-hybridized carbons (Fsp3) is 0.476. The van der Waals surface area contributed by atoms with Gasteiger partial charge < -0.3 is 25.8 Å². The fourth-order valence-corrected chi connectivity index (χ4v) is 3.17. The molecule has 1 amide bonds. The van der Waals surface area contributed by atoms with E-state index >= 15 is 0 Å². The Hall–Kier alpha value is -3.43. The lowest BCUT2D eigenvalue weighted by molar-refractivity contribution is -0.145. The van der Waals surface area contributed by atoms with Crippen LogP contribution in [-0.4, -0.2) is 52.5 Å². The number of pyridine rings is 1. The first kappa shape index (κ1) is 23.8. The average Bonchev–Trinajstić information content (AvgIpc) is 2.74. The van der Waals surface area contributed by atoms with Gasteiger partial charge in [-0.2, -0.15) is 4.98 Å². The summed E-state index contributed by atoms with van der Waals surface area (Å²) in [5, 5.41) is 0. The van der Waals surface area contributed by atoms with Crippen molar-refractivity contribution in [2.24, 2.45) is 0 Å². The van der Waals surface area contributed by atoms with Gasteiger partial charge in [-0.1, -0.05) is 6.07 Å². The number of amides is 1. The molecule has 0 unspecified atom stereocenters. The van der Waals surface area contributed by atoms with Gasteiger partial charge in [0.15, 0.2) is 0 Å². The van der Waals surface area contributed by atoms with Gasteiger partial charge in [-0.3, -0.25) is 9.59 Å². The Kier molecular flexibility index (Phi) is 8.98.